The summed E-state index contributed by atoms with van der Waals surface area (Å²) in [5, 5.41) is 0. The smallest absolute Gasteiger partial charge is 0.227 e. The first-order valence-electron chi connectivity index (χ1n) is 11.4. The first-order chi connectivity index (χ1) is 16.6. The second-order valence-corrected chi connectivity index (χ2v) is 8.35. The van der Waals surface area contributed by atoms with Gasteiger partial charge in [0.05, 0.1) is 30.4 Å². The zero-order valence-electron chi connectivity index (χ0n) is 19.0. The molecule has 0 bridgehead atoms. The fraction of sp³-hybridized carbons (Fsp3) is 0.259. The van der Waals surface area contributed by atoms with Crippen molar-refractivity contribution < 1.29 is 18.7 Å². The maximum absolute atomic E-state index is 14.3. The van der Waals surface area contributed by atoms with Gasteiger partial charge in [-0.1, -0.05) is 30.3 Å². The van der Waals surface area contributed by atoms with Crippen LogP contribution in [0.1, 0.15) is 24.6 Å². The summed E-state index contributed by atoms with van der Waals surface area (Å²) in [4.78, 5) is 19.2. The molecular weight excluding hydrogens is 433 g/mol. The molecule has 174 valence electrons. The van der Waals surface area contributed by atoms with E-state index in [2.05, 4.69) is 4.57 Å². The minimum Gasteiger partial charge on any atom is -0.497 e. The van der Waals surface area contributed by atoms with Gasteiger partial charge in [0.2, 0.25) is 5.91 Å². The number of hydrogen-bond donors (Lipinski definition) is 0. The summed E-state index contributed by atoms with van der Waals surface area (Å²) >= 11 is 0. The van der Waals surface area contributed by atoms with Crippen LogP contribution in [0.5, 0.6) is 11.5 Å². The second-order valence-electron chi connectivity index (χ2n) is 8.35. The van der Waals surface area contributed by atoms with Crippen LogP contribution in [0.3, 0.4) is 0 Å². The van der Waals surface area contributed by atoms with Crippen molar-refractivity contribution in [2.45, 2.75) is 25.3 Å². The number of aryl methyl sites for hydroxylation is 1. The predicted molar refractivity (Wildman–Crippen MR) is 129 cm³/mol. The van der Waals surface area contributed by atoms with E-state index in [1.807, 2.05) is 48.5 Å². The fourth-order valence-electron chi connectivity index (χ4n) is 4.53. The Kier molecular flexibility index (Phi) is 6.16. The van der Waals surface area contributed by atoms with Crippen LogP contribution in [0, 0.1) is 5.82 Å². The van der Waals surface area contributed by atoms with Crippen molar-refractivity contribution in [2.75, 3.05) is 25.2 Å². The van der Waals surface area contributed by atoms with E-state index in [-0.39, 0.29) is 17.6 Å². The Hall–Kier alpha value is -3.87. The number of anilines is 1. The molecule has 0 N–H and O–H groups in total. The van der Waals surface area contributed by atoms with Gasteiger partial charge in [-0.05, 0) is 42.8 Å². The van der Waals surface area contributed by atoms with E-state index >= 15 is 0 Å². The molecule has 1 saturated heterocycles. The molecule has 0 spiro atoms. The fourth-order valence-corrected chi connectivity index (χ4v) is 4.53. The highest BCUT2D eigenvalue weighted by Crippen LogP contribution is 2.34. The van der Waals surface area contributed by atoms with E-state index < -0.39 is 0 Å². The number of amides is 1. The summed E-state index contributed by atoms with van der Waals surface area (Å²) in [6.45, 7) is 1.64. The largest absolute Gasteiger partial charge is 0.497 e. The van der Waals surface area contributed by atoms with Crippen molar-refractivity contribution in [3.05, 3.63) is 84.4 Å². The molecule has 1 atom stereocenters. The van der Waals surface area contributed by atoms with E-state index in [1.54, 1.807) is 25.3 Å². The Morgan fingerprint density at radius 2 is 1.82 bits per heavy atom. The molecule has 6 nitrogen and oxygen atoms in total. The van der Waals surface area contributed by atoms with E-state index in [9.17, 15) is 9.18 Å². The molecule has 1 unspecified atom stereocenters. The zero-order chi connectivity index (χ0) is 23.5. The first kappa shape index (κ1) is 21.9. The molecule has 0 radical (unpaired) electrons. The number of nitrogens with zero attached hydrogens (tertiary/aromatic N) is 3. The molecule has 1 amide bonds. The lowest BCUT2D eigenvalue weighted by molar-refractivity contribution is -0.117. The van der Waals surface area contributed by atoms with Crippen molar-refractivity contribution >= 4 is 22.6 Å². The average molecular weight is 460 g/mol. The Morgan fingerprint density at radius 3 is 2.68 bits per heavy atom. The number of benzene rings is 3. The molecule has 7 heteroatoms. The summed E-state index contributed by atoms with van der Waals surface area (Å²) in [7, 11) is 1.63. The van der Waals surface area contributed by atoms with Crippen LogP contribution >= 0.6 is 0 Å². The lowest BCUT2D eigenvalue weighted by Gasteiger charge is -2.18. The molecule has 4 aromatic rings. The number of methoxy groups -OCH3 is 1. The van der Waals surface area contributed by atoms with Crippen LogP contribution < -0.4 is 14.4 Å². The average Bonchev–Trinajstić information content (AvgIpc) is 3.42. The van der Waals surface area contributed by atoms with E-state index in [1.165, 1.54) is 11.0 Å². The van der Waals surface area contributed by atoms with Crippen LogP contribution in [0.15, 0.2) is 72.8 Å². The van der Waals surface area contributed by atoms with Gasteiger partial charge in [0, 0.05) is 31.5 Å². The summed E-state index contributed by atoms with van der Waals surface area (Å²) in [5.41, 5.74) is 2.24. The zero-order valence-corrected chi connectivity index (χ0v) is 19.0. The maximum atomic E-state index is 14.3. The number of halogens is 1. The summed E-state index contributed by atoms with van der Waals surface area (Å²) < 4.78 is 27.7. The maximum Gasteiger partial charge on any atom is 0.227 e. The van der Waals surface area contributed by atoms with Gasteiger partial charge in [-0.2, -0.15) is 0 Å². The van der Waals surface area contributed by atoms with Gasteiger partial charge in [0.25, 0.3) is 0 Å². The number of rotatable bonds is 8. The molecular formula is C27H26FN3O3. The van der Waals surface area contributed by atoms with Crippen LogP contribution in [0.25, 0.3) is 11.0 Å². The number of para-hydroxylation sites is 3. The molecule has 5 rings (SSSR count). The summed E-state index contributed by atoms with van der Waals surface area (Å²) in [6.07, 6.45) is 1.07. The third-order valence-corrected chi connectivity index (χ3v) is 6.15. The molecule has 0 aliphatic carbocycles. The number of hydrogen-bond acceptors (Lipinski definition) is 4. The third-order valence-electron chi connectivity index (χ3n) is 6.15. The van der Waals surface area contributed by atoms with E-state index in [0.29, 0.717) is 31.8 Å². The normalized spacial score (nSPS) is 15.8. The number of imidazole rings is 1. The summed E-state index contributed by atoms with van der Waals surface area (Å²) in [6, 6.07) is 21.9. The Morgan fingerprint density at radius 1 is 1.03 bits per heavy atom. The van der Waals surface area contributed by atoms with Crippen molar-refractivity contribution in [1.82, 2.24) is 9.55 Å². The van der Waals surface area contributed by atoms with E-state index in [0.717, 1.165) is 34.8 Å². The molecule has 1 aliphatic rings. The lowest BCUT2D eigenvalue weighted by Crippen LogP contribution is -2.25. The predicted octanol–water partition coefficient (Wildman–Crippen LogP) is 5.17. The van der Waals surface area contributed by atoms with Crippen LogP contribution in [-0.4, -0.2) is 35.7 Å². The molecule has 1 aromatic heterocycles. The van der Waals surface area contributed by atoms with E-state index in [4.69, 9.17) is 14.5 Å². The van der Waals surface area contributed by atoms with Crippen molar-refractivity contribution in [3.63, 3.8) is 0 Å². The summed E-state index contributed by atoms with van der Waals surface area (Å²) in [5.74, 6) is 1.78. The van der Waals surface area contributed by atoms with Gasteiger partial charge >= 0.3 is 0 Å². The number of aromatic nitrogens is 2. The highest BCUT2D eigenvalue weighted by Gasteiger charge is 2.35. The van der Waals surface area contributed by atoms with Gasteiger partial charge in [-0.25, -0.2) is 9.37 Å². The topological polar surface area (TPSA) is 56.6 Å². The van der Waals surface area contributed by atoms with Crippen LogP contribution in [0.4, 0.5) is 10.1 Å². The van der Waals surface area contributed by atoms with Gasteiger partial charge in [-0.15, -0.1) is 0 Å². The minimum absolute atomic E-state index is 0.0879. The quantitative estimate of drug-likeness (QED) is 0.341. The third kappa shape index (κ3) is 4.33. The van der Waals surface area contributed by atoms with Gasteiger partial charge in [-0.3, -0.25) is 4.79 Å². The Labute approximate surface area is 197 Å². The molecule has 0 saturated carbocycles. The number of ether oxygens (including phenoxy) is 2. The van der Waals surface area contributed by atoms with Gasteiger partial charge in [0.15, 0.2) is 0 Å². The molecule has 1 aliphatic heterocycles. The Balaban J connectivity index is 1.34. The van der Waals surface area contributed by atoms with Crippen LogP contribution in [0.2, 0.25) is 0 Å². The molecule has 34 heavy (non-hydrogen) atoms. The van der Waals surface area contributed by atoms with Crippen LogP contribution in [-0.2, 0) is 11.3 Å². The van der Waals surface area contributed by atoms with Crippen molar-refractivity contribution in [1.29, 1.82) is 0 Å². The Bertz CT molecular complexity index is 1320. The number of carbonyl (C=O) groups excluding carboxylic acids is 1. The highest BCUT2D eigenvalue weighted by atomic mass is 19.1. The highest BCUT2D eigenvalue weighted by molar-refractivity contribution is 5.96. The minimum atomic E-state index is -0.389. The number of fused-ring (bicyclic) bond motifs is 1. The molecule has 2 heterocycles. The number of carbonyl (C=O) groups is 1. The van der Waals surface area contributed by atoms with Gasteiger partial charge < -0.3 is 18.9 Å². The van der Waals surface area contributed by atoms with Crippen molar-refractivity contribution in [2.24, 2.45) is 0 Å². The lowest BCUT2D eigenvalue weighted by atomic mass is 10.1. The standard InChI is InChI=1S/C27H26FN3O3/c1-33-20-8-6-9-21(17-20)34-15-7-14-30-25-13-5-3-11-23(25)29-27(30)19-16-26(32)31(18-19)24-12-4-2-10-22(24)28/h2-6,8-13,17,19H,7,14-16,18H2,1H3. The van der Waals surface area contributed by atoms with Gasteiger partial charge in [0.1, 0.15) is 23.1 Å². The second kappa shape index (κ2) is 9.55. The first-order valence-corrected chi connectivity index (χ1v) is 11.4. The SMILES string of the molecule is COc1cccc(OCCCn2c(C3CC(=O)N(c4ccccc4F)C3)nc3ccccc32)c1. The molecule has 3 aromatic carbocycles. The molecule has 1 fully saturated rings. The van der Waals surface area contributed by atoms with Crippen molar-refractivity contribution in [3.8, 4) is 11.5 Å². The monoisotopic (exact) mass is 459 g/mol.